The lowest BCUT2D eigenvalue weighted by molar-refractivity contribution is -0.114. The number of hydrogen-bond acceptors (Lipinski definition) is 4. The van der Waals surface area contributed by atoms with Crippen LogP contribution >= 0.6 is 0 Å². The van der Waals surface area contributed by atoms with Gasteiger partial charge in [0, 0.05) is 12.2 Å². The van der Waals surface area contributed by atoms with Gasteiger partial charge in [-0.1, -0.05) is 6.92 Å². The quantitative estimate of drug-likeness (QED) is 0.691. The molecule has 0 aliphatic rings. The summed E-state index contributed by atoms with van der Waals surface area (Å²) in [4.78, 5) is 11.2. The van der Waals surface area contributed by atoms with Crippen LogP contribution in [0.25, 0.3) is 0 Å². The second kappa shape index (κ2) is 6.48. The van der Waals surface area contributed by atoms with Gasteiger partial charge in [-0.25, -0.2) is 13.1 Å². The maximum Gasteiger partial charge on any atom is 0.240 e. The van der Waals surface area contributed by atoms with Crippen LogP contribution in [0.4, 0.5) is 5.69 Å². The van der Waals surface area contributed by atoms with Gasteiger partial charge in [0.25, 0.3) is 0 Å². The van der Waals surface area contributed by atoms with E-state index in [9.17, 15) is 13.2 Å². The van der Waals surface area contributed by atoms with Gasteiger partial charge in [-0.3, -0.25) is 4.79 Å². The molecule has 0 aliphatic carbocycles. The van der Waals surface area contributed by atoms with E-state index in [1.807, 2.05) is 6.92 Å². The number of nitrogens with one attached hydrogen (secondary N) is 2. The van der Waals surface area contributed by atoms with Crippen LogP contribution in [0, 0.1) is 0 Å². The van der Waals surface area contributed by atoms with Crippen LogP contribution in [0.1, 0.15) is 13.3 Å². The number of benzene rings is 1. The van der Waals surface area contributed by atoms with Gasteiger partial charge in [0.2, 0.25) is 15.9 Å². The molecule has 0 fully saturated rings. The fourth-order valence-electron chi connectivity index (χ4n) is 1.25. The number of carbonyl (C=O) groups is 1. The van der Waals surface area contributed by atoms with Gasteiger partial charge in [0.15, 0.2) is 0 Å². The molecule has 1 aromatic rings. The first kappa shape index (κ1) is 14.6. The Bertz CT molecular complexity index is 497. The monoisotopic (exact) mass is 271 g/mol. The van der Waals surface area contributed by atoms with Crippen LogP contribution in [-0.2, 0) is 14.8 Å². The Balaban J connectivity index is 2.79. The fourth-order valence-corrected chi connectivity index (χ4v) is 2.38. The number of nitrogens with two attached hydrogens (primary N) is 1. The van der Waals surface area contributed by atoms with E-state index < -0.39 is 10.0 Å². The van der Waals surface area contributed by atoms with Crippen LogP contribution in [0.15, 0.2) is 29.2 Å². The van der Waals surface area contributed by atoms with Crippen molar-refractivity contribution in [3.8, 4) is 0 Å². The predicted molar refractivity (Wildman–Crippen MR) is 69.6 cm³/mol. The molecule has 0 aromatic heterocycles. The average Bonchev–Trinajstić information content (AvgIpc) is 2.37. The maximum atomic E-state index is 11.8. The van der Waals surface area contributed by atoms with E-state index in [0.717, 1.165) is 6.42 Å². The number of carbonyl (C=O) groups excluding carboxylic acids is 1. The van der Waals surface area contributed by atoms with Crippen molar-refractivity contribution < 1.29 is 13.2 Å². The molecule has 0 radical (unpaired) electrons. The minimum Gasteiger partial charge on any atom is -0.325 e. The van der Waals surface area contributed by atoms with Crippen molar-refractivity contribution in [2.75, 3.05) is 18.4 Å². The summed E-state index contributed by atoms with van der Waals surface area (Å²) in [6.45, 7) is 2.17. The average molecular weight is 271 g/mol. The smallest absolute Gasteiger partial charge is 0.240 e. The van der Waals surface area contributed by atoms with E-state index in [0.29, 0.717) is 12.2 Å². The third-order valence-corrected chi connectivity index (χ3v) is 3.65. The van der Waals surface area contributed by atoms with Crippen LogP contribution in [0.5, 0.6) is 0 Å². The number of hydrogen-bond donors (Lipinski definition) is 3. The molecular weight excluding hydrogens is 254 g/mol. The Kier molecular flexibility index (Phi) is 5.26. The van der Waals surface area contributed by atoms with E-state index in [2.05, 4.69) is 10.0 Å². The Labute approximate surface area is 107 Å². The van der Waals surface area contributed by atoms with Gasteiger partial charge in [0.05, 0.1) is 11.4 Å². The summed E-state index contributed by atoms with van der Waals surface area (Å²) in [5.41, 5.74) is 5.67. The molecule has 7 heteroatoms. The van der Waals surface area contributed by atoms with Crippen molar-refractivity contribution in [2.24, 2.45) is 5.73 Å². The van der Waals surface area contributed by atoms with Crippen molar-refractivity contribution >= 4 is 21.6 Å². The summed E-state index contributed by atoms with van der Waals surface area (Å²) < 4.78 is 26.0. The van der Waals surface area contributed by atoms with Gasteiger partial charge in [-0.05, 0) is 30.7 Å². The van der Waals surface area contributed by atoms with Crippen LogP contribution < -0.4 is 15.8 Å². The van der Waals surface area contributed by atoms with Crippen molar-refractivity contribution in [3.05, 3.63) is 24.3 Å². The fraction of sp³-hybridized carbons (Fsp3) is 0.364. The van der Waals surface area contributed by atoms with E-state index in [1.165, 1.54) is 24.3 Å². The summed E-state index contributed by atoms with van der Waals surface area (Å²) in [7, 11) is -3.46. The first-order chi connectivity index (χ1) is 8.49. The molecule has 0 spiro atoms. The molecule has 6 nitrogen and oxygen atoms in total. The molecule has 4 N–H and O–H groups in total. The third-order valence-electron chi connectivity index (χ3n) is 2.18. The zero-order valence-corrected chi connectivity index (χ0v) is 11.0. The molecular formula is C11H17N3O3S. The van der Waals surface area contributed by atoms with Crippen LogP contribution in [-0.4, -0.2) is 27.4 Å². The summed E-state index contributed by atoms with van der Waals surface area (Å²) >= 11 is 0. The van der Waals surface area contributed by atoms with Crippen molar-refractivity contribution in [2.45, 2.75) is 18.2 Å². The standard InChI is InChI=1S/C11H17N3O3S/c1-2-7-13-18(16,17)10-5-3-9(4-6-10)14-11(15)8-12/h3-6,13H,2,7-8,12H2,1H3,(H,14,15). The Hall–Kier alpha value is -1.44. The van der Waals surface area contributed by atoms with Gasteiger partial charge in [-0.2, -0.15) is 0 Å². The van der Waals surface area contributed by atoms with Crippen molar-refractivity contribution in [1.82, 2.24) is 4.72 Å². The lowest BCUT2D eigenvalue weighted by Crippen LogP contribution is -2.24. The van der Waals surface area contributed by atoms with E-state index >= 15 is 0 Å². The minimum atomic E-state index is -3.46. The molecule has 1 aromatic carbocycles. The molecule has 18 heavy (non-hydrogen) atoms. The molecule has 0 saturated carbocycles. The highest BCUT2D eigenvalue weighted by Crippen LogP contribution is 2.13. The predicted octanol–water partition coefficient (Wildman–Crippen LogP) is 0.272. The lowest BCUT2D eigenvalue weighted by Gasteiger charge is -2.07. The van der Waals surface area contributed by atoms with Gasteiger partial charge in [0.1, 0.15) is 0 Å². The van der Waals surface area contributed by atoms with Gasteiger partial charge >= 0.3 is 0 Å². The van der Waals surface area contributed by atoms with Crippen LogP contribution in [0.3, 0.4) is 0 Å². The molecule has 1 amide bonds. The first-order valence-electron chi connectivity index (χ1n) is 5.59. The number of sulfonamides is 1. The van der Waals surface area contributed by atoms with Crippen molar-refractivity contribution in [3.63, 3.8) is 0 Å². The van der Waals surface area contributed by atoms with Gasteiger partial charge < -0.3 is 11.1 Å². The second-order valence-corrected chi connectivity index (χ2v) is 5.44. The number of amides is 1. The highest BCUT2D eigenvalue weighted by Gasteiger charge is 2.12. The highest BCUT2D eigenvalue weighted by atomic mass is 32.2. The largest absolute Gasteiger partial charge is 0.325 e. The third kappa shape index (κ3) is 4.10. The number of rotatable bonds is 6. The SMILES string of the molecule is CCCNS(=O)(=O)c1ccc(NC(=O)CN)cc1. The molecule has 0 atom stereocenters. The van der Waals surface area contributed by atoms with E-state index in [4.69, 9.17) is 5.73 Å². The molecule has 0 bridgehead atoms. The maximum absolute atomic E-state index is 11.8. The number of anilines is 1. The molecule has 1 rings (SSSR count). The Morgan fingerprint density at radius 1 is 1.28 bits per heavy atom. The zero-order chi connectivity index (χ0) is 13.6. The van der Waals surface area contributed by atoms with Crippen molar-refractivity contribution in [1.29, 1.82) is 0 Å². The second-order valence-electron chi connectivity index (χ2n) is 3.67. The topological polar surface area (TPSA) is 101 Å². The summed E-state index contributed by atoms with van der Waals surface area (Å²) in [5, 5.41) is 2.53. The van der Waals surface area contributed by atoms with E-state index in [1.54, 1.807) is 0 Å². The molecule has 0 heterocycles. The Morgan fingerprint density at radius 2 is 1.89 bits per heavy atom. The minimum absolute atomic E-state index is 0.113. The molecule has 100 valence electrons. The molecule has 0 aliphatic heterocycles. The van der Waals surface area contributed by atoms with Crippen LogP contribution in [0.2, 0.25) is 0 Å². The molecule has 0 saturated heterocycles. The summed E-state index contributed by atoms with van der Waals surface area (Å²) in [6.07, 6.45) is 0.726. The normalized spacial score (nSPS) is 11.2. The lowest BCUT2D eigenvalue weighted by atomic mass is 10.3. The molecule has 0 unspecified atom stereocenters. The first-order valence-corrected chi connectivity index (χ1v) is 7.07. The van der Waals surface area contributed by atoms with E-state index in [-0.39, 0.29) is 17.3 Å². The summed E-state index contributed by atoms with van der Waals surface area (Å²) in [6, 6.07) is 5.91. The highest BCUT2D eigenvalue weighted by molar-refractivity contribution is 7.89. The zero-order valence-electron chi connectivity index (χ0n) is 10.1. The van der Waals surface area contributed by atoms with Gasteiger partial charge in [-0.15, -0.1) is 0 Å². The Morgan fingerprint density at radius 3 is 2.39 bits per heavy atom. The summed E-state index contributed by atoms with van der Waals surface area (Å²) in [5.74, 6) is -0.324.